The van der Waals surface area contributed by atoms with Crippen molar-refractivity contribution in [2.24, 2.45) is 5.10 Å². The standard InChI is InChI=1S/C21H24N2O3/c1-14-6-8-15(9-7-14)20(24)23-21(2,3)13-17(22-23)16-10-11-18(25-4)19(12-16)26-5/h6-12H,13H2,1-5H3. The van der Waals surface area contributed by atoms with Crippen LogP contribution in [0.15, 0.2) is 47.6 Å². The van der Waals surface area contributed by atoms with Crippen LogP contribution in [0, 0.1) is 6.92 Å². The Hall–Kier alpha value is -2.82. The molecule has 0 unspecified atom stereocenters. The molecule has 5 heteroatoms. The number of ether oxygens (including phenoxy) is 2. The normalized spacial score (nSPS) is 15.6. The molecule has 0 atom stereocenters. The van der Waals surface area contributed by atoms with Crippen molar-refractivity contribution in [1.82, 2.24) is 5.01 Å². The highest BCUT2D eigenvalue weighted by atomic mass is 16.5. The molecule has 2 aromatic carbocycles. The van der Waals surface area contributed by atoms with E-state index in [-0.39, 0.29) is 5.91 Å². The lowest BCUT2D eigenvalue weighted by molar-refractivity contribution is 0.0612. The number of hydrazone groups is 1. The topological polar surface area (TPSA) is 51.1 Å². The number of methoxy groups -OCH3 is 2. The van der Waals surface area contributed by atoms with Crippen molar-refractivity contribution in [3.05, 3.63) is 59.2 Å². The summed E-state index contributed by atoms with van der Waals surface area (Å²) in [5.41, 5.74) is 3.15. The van der Waals surface area contributed by atoms with Gasteiger partial charge in [0.05, 0.1) is 25.5 Å². The average molecular weight is 352 g/mol. The number of carbonyl (C=O) groups excluding carboxylic acids is 1. The first-order valence-electron chi connectivity index (χ1n) is 8.57. The van der Waals surface area contributed by atoms with Gasteiger partial charge in [0.1, 0.15) is 0 Å². The fourth-order valence-corrected chi connectivity index (χ4v) is 3.09. The Bertz CT molecular complexity index is 854. The minimum atomic E-state index is -0.398. The molecule has 3 rings (SSSR count). The van der Waals surface area contributed by atoms with E-state index >= 15 is 0 Å². The number of hydrogen-bond donors (Lipinski definition) is 0. The number of rotatable bonds is 4. The van der Waals surface area contributed by atoms with E-state index in [0.717, 1.165) is 16.8 Å². The Kier molecular flexibility index (Phi) is 4.72. The molecule has 0 radical (unpaired) electrons. The van der Waals surface area contributed by atoms with E-state index in [4.69, 9.17) is 9.47 Å². The molecular weight excluding hydrogens is 328 g/mol. The summed E-state index contributed by atoms with van der Waals surface area (Å²) in [6.45, 7) is 6.05. The minimum absolute atomic E-state index is 0.0922. The molecule has 0 aromatic heterocycles. The lowest BCUT2D eigenvalue weighted by Gasteiger charge is -2.28. The summed E-state index contributed by atoms with van der Waals surface area (Å²) in [4.78, 5) is 12.9. The highest BCUT2D eigenvalue weighted by Gasteiger charge is 2.39. The Balaban J connectivity index is 1.94. The highest BCUT2D eigenvalue weighted by molar-refractivity contribution is 6.05. The van der Waals surface area contributed by atoms with E-state index in [9.17, 15) is 4.79 Å². The molecule has 0 spiro atoms. The summed E-state index contributed by atoms with van der Waals surface area (Å²) in [6, 6.07) is 13.3. The Morgan fingerprint density at radius 1 is 1.04 bits per heavy atom. The van der Waals surface area contributed by atoms with Crippen LogP contribution in [0.5, 0.6) is 11.5 Å². The smallest absolute Gasteiger partial charge is 0.274 e. The van der Waals surface area contributed by atoms with Gasteiger partial charge in [0.15, 0.2) is 11.5 Å². The van der Waals surface area contributed by atoms with Gasteiger partial charge in [-0.15, -0.1) is 0 Å². The fourth-order valence-electron chi connectivity index (χ4n) is 3.09. The van der Waals surface area contributed by atoms with Crippen molar-refractivity contribution >= 4 is 11.6 Å². The SMILES string of the molecule is COc1ccc(C2=NN(C(=O)c3ccc(C)cc3)C(C)(C)C2)cc1OC. The summed E-state index contributed by atoms with van der Waals surface area (Å²) in [7, 11) is 3.21. The van der Waals surface area contributed by atoms with Crippen molar-refractivity contribution in [3.63, 3.8) is 0 Å². The van der Waals surface area contributed by atoms with Gasteiger partial charge in [-0.05, 0) is 51.1 Å². The first-order valence-corrected chi connectivity index (χ1v) is 8.57. The van der Waals surface area contributed by atoms with Crippen molar-refractivity contribution < 1.29 is 14.3 Å². The van der Waals surface area contributed by atoms with Gasteiger partial charge in [-0.3, -0.25) is 4.79 Å². The molecule has 1 aliphatic heterocycles. The quantitative estimate of drug-likeness (QED) is 0.834. The second-order valence-electron chi connectivity index (χ2n) is 7.09. The van der Waals surface area contributed by atoms with Crippen molar-refractivity contribution in [1.29, 1.82) is 0 Å². The van der Waals surface area contributed by atoms with Crippen LogP contribution in [-0.2, 0) is 0 Å². The predicted octanol–water partition coefficient (Wildman–Crippen LogP) is 4.04. The van der Waals surface area contributed by atoms with Gasteiger partial charge in [0.2, 0.25) is 0 Å². The van der Waals surface area contributed by atoms with Gasteiger partial charge >= 0.3 is 0 Å². The zero-order valence-corrected chi connectivity index (χ0v) is 15.9. The van der Waals surface area contributed by atoms with E-state index in [1.165, 1.54) is 0 Å². The number of benzene rings is 2. The average Bonchev–Trinajstić information content (AvgIpc) is 2.96. The summed E-state index contributed by atoms with van der Waals surface area (Å²) in [5.74, 6) is 1.22. The van der Waals surface area contributed by atoms with Crippen molar-refractivity contribution in [2.75, 3.05) is 14.2 Å². The molecule has 0 bridgehead atoms. The van der Waals surface area contributed by atoms with Crippen LogP contribution < -0.4 is 9.47 Å². The summed E-state index contributed by atoms with van der Waals surface area (Å²) in [6.07, 6.45) is 0.667. The van der Waals surface area contributed by atoms with Crippen LogP contribution in [0.4, 0.5) is 0 Å². The Labute approximate surface area is 154 Å². The number of amides is 1. The van der Waals surface area contributed by atoms with Gasteiger partial charge in [0, 0.05) is 17.5 Å². The molecule has 136 valence electrons. The van der Waals surface area contributed by atoms with E-state index in [0.29, 0.717) is 23.5 Å². The van der Waals surface area contributed by atoms with Crippen LogP contribution in [0.3, 0.4) is 0 Å². The number of aryl methyl sites for hydroxylation is 1. The first kappa shape index (κ1) is 18.0. The maximum Gasteiger partial charge on any atom is 0.274 e. The second-order valence-corrected chi connectivity index (χ2v) is 7.09. The lowest BCUT2D eigenvalue weighted by Crippen LogP contribution is -2.40. The second kappa shape index (κ2) is 6.83. The Morgan fingerprint density at radius 2 is 1.69 bits per heavy atom. The molecular formula is C21H24N2O3. The van der Waals surface area contributed by atoms with E-state index in [1.807, 2.05) is 63.2 Å². The number of hydrogen-bond acceptors (Lipinski definition) is 4. The molecule has 0 N–H and O–H groups in total. The summed E-state index contributed by atoms with van der Waals surface area (Å²) >= 11 is 0. The van der Waals surface area contributed by atoms with Gasteiger partial charge in [-0.2, -0.15) is 5.10 Å². The van der Waals surface area contributed by atoms with Crippen LogP contribution >= 0.6 is 0 Å². The van der Waals surface area contributed by atoms with Crippen LogP contribution in [0.1, 0.15) is 41.8 Å². The first-order chi connectivity index (χ1) is 12.4. The zero-order valence-electron chi connectivity index (χ0n) is 15.9. The van der Waals surface area contributed by atoms with Gasteiger partial charge < -0.3 is 9.47 Å². The maximum atomic E-state index is 12.9. The number of nitrogens with zero attached hydrogens (tertiary/aromatic N) is 2. The molecule has 26 heavy (non-hydrogen) atoms. The summed E-state index contributed by atoms with van der Waals surface area (Å²) in [5, 5.41) is 6.23. The largest absolute Gasteiger partial charge is 0.493 e. The van der Waals surface area contributed by atoms with Crippen molar-refractivity contribution in [2.45, 2.75) is 32.7 Å². The molecule has 0 aliphatic carbocycles. The predicted molar refractivity (Wildman–Crippen MR) is 102 cm³/mol. The molecule has 0 fully saturated rings. The minimum Gasteiger partial charge on any atom is -0.493 e. The van der Waals surface area contributed by atoms with Crippen LogP contribution in [-0.4, -0.2) is 36.4 Å². The number of carbonyl (C=O) groups is 1. The summed E-state index contributed by atoms with van der Waals surface area (Å²) < 4.78 is 10.7. The third-order valence-corrected chi connectivity index (χ3v) is 4.60. The van der Waals surface area contributed by atoms with E-state index in [2.05, 4.69) is 5.10 Å². The van der Waals surface area contributed by atoms with Gasteiger partial charge in [-0.25, -0.2) is 5.01 Å². The van der Waals surface area contributed by atoms with E-state index < -0.39 is 5.54 Å². The molecule has 5 nitrogen and oxygen atoms in total. The molecule has 0 saturated heterocycles. The van der Waals surface area contributed by atoms with E-state index in [1.54, 1.807) is 19.2 Å². The Morgan fingerprint density at radius 3 is 2.31 bits per heavy atom. The molecule has 2 aromatic rings. The zero-order chi connectivity index (χ0) is 18.9. The third-order valence-electron chi connectivity index (χ3n) is 4.60. The van der Waals surface area contributed by atoms with Crippen molar-refractivity contribution in [3.8, 4) is 11.5 Å². The van der Waals surface area contributed by atoms with Gasteiger partial charge in [-0.1, -0.05) is 17.7 Å². The van der Waals surface area contributed by atoms with Gasteiger partial charge in [0.25, 0.3) is 5.91 Å². The third kappa shape index (κ3) is 3.29. The van der Waals surface area contributed by atoms with Crippen LogP contribution in [0.2, 0.25) is 0 Å². The maximum absolute atomic E-state index is 12.9. The molecule has 1 amide bonds. The monoisotopic (exact) mass is 352 g/mol. The molecule has 1 heterocycles. The highest BCUT2D eigenvalue weighted by Crippen LogP contribution is 2.34. The molecule has 0 saturated carbocycles. The van der Waals surface area contributed by atoms with Crippen LogP contribution in [0.25, 0.3) is 0 Å². The molecule has 1 aliphatic rings. The lowest BCUT2D eigenvalue weighted by atomic mass is 9.94. The fraction of sp³-hybridized carbons (Fsp3) is 0.333.